The van der Waals surface area contributed by atoms with Crippen molar-refractivity contribution in [1.29, 1.82) is 0 Å². The number of benzene rings is 3. The highest BCUT2D eigenvalue weighted by Crippen LogP contribution is 2.59. The van der Waals surface area contributed by atoms with Gasteiger partial charge in [0.1, 0.15) is 16.9 Å². The molecule has 48 heavy (non-hydrogen) atoms. The molecule has 2 aromatic heterocycles. The summed E-state index contributed by atoms with van der Waals surface area (Å²) in [7, 11) is 4.06. The predicted molar refractivity (Wildman–Crippen MR) is 195 cm³/mol. The third-order valence-corrected chi connectivity index (χ3v) is 11.8. The number of aryl methyl sites for hydroxylation is 4. The predicted octanol–water partition coefficient (Wildman–Crippen LogP) is 8.33. The second-order valence-electron chi connectivity index (χ2n) is 15.0. The molecule has 0 amide bonds. The summed E-state index contributed by atoms with van der Waals surface area (Å²) in [4.78, 5) is 2.59. The van der Waals surface area contributed by atoms with Crippen LogP contribution in [0.3, 0.4) is 0 Å². The molecule has 2 aliphatic heterocycles. The Morgan fingerprint density at radius 3 is 2.23 bits per heavy atom. The average Bonchev–Trinajstić information content (AvgIpc) is 3.52. The lowest BCUT2D eigenvalue weighted by Crippen LogP contribution is -2.67. The number of hydrogen-bond acceptors (Lipinski definition) is 2. The van der Waals surface area contributed by atoms with Crippen LogP contribution in [0.2, 0.25) is 0 Å². The molecular formula is C42H52N6+2. The lowest BCUT2D eigenvalue weighted by Gasteiger charge is -2.52. The van der Waals surface area contributed by atoms with Crippen LogP contribution in [0.5, 0.6) is 0 Å². The highest BCUT2D eigenvalue weighted by Gasteiger charge is 2.62. The Bertz CT molecular complexity index is 2090. The van der Waals surface area contributed by atoms with Crippen molar-refractivity contribution in [2.45, 2.75) is 98.2 Å². The lowest BCUT2D eigenvalue weighted by molar-refractivity contribution is -0.752. The number of allylic oxidation sites excluding steroid dienone is 2. The van der Waals surface area contributed by atoms with Gasteiger partial charge in [0.15, 0.2) is 5.66 Å². The van der Waals surface area contributed by atoms with Gasteiger partial charge in [-0.2, -0.15) is 0 Å². The molecule has 2 atom stereocenters. The number of nitrogens with zero attached hydrogens (tertiary/aromatic N) is 6. The molecule has 2 unspecified atom stereocenters. The van der Waals surface area contributed by atoms with Crippen molar-refractivity contribution in [3.63, 3.8) is 0 Å². The number of anilines is 2. The second kappa shape index (κ2) is 11.0. The summed E-state index contributed by atoms with van der Waals surface area (Å²) in [5.41, 5.74) is 12.3. The van der Waals surface area contributed by atoms with Crippen LogP contribution >= 0.6 is 0 Å². The quantitative estimate of drug-likeness (QED) is 0.132. The fraction of sp³-hybridized carbons (Fsp3) is 0.405. The molecular weight excluding hydrogens is 589 g/mol. The SMILES string of the molecule is CCC1(C)c2cccc3c2-c2n(c(C)c(C)[n+]2C(C)(C)N3c2cc(C)cc(C)c2)C1(C=CCc1ccccc1-c1nn(C)c[n+]1C)CC. The Morgan fingerprint density at radius 2 is 1.58 bits per heavy atom. The monoisotopic (exact) mass is 640 g/mol. The molecule has 0 saturated heterocycles. The highest BCUT2D eigenvalue weighted by atomic mass is 15.4. The highest BCUT2D eigenvalue weighted by molar-refractivity contribution is 5.86. The maximum atomic E-state index is 4.79. The normalized spacial score (nSPS) is 20.9. The molecule has 6 heteroatoms. The maximum absolute atomic E-state index is 4.79. The second-order valence-corrected chi connectivity index (χ2v) is 15.0. The van der Waals surface area contributed by atoms with E-state index in [2.05, 4.69) is 161 Å². The topological polar surface area (TPSA) is 33.8 Å². The minimum Gasteiger partial charge on any atom is -0.299 e. The summed E-state index contributed by atoms with van der Waals surface area (Å²) in [6.07, 6.45) is 9.87. The van der Waals surface area contributed by atoms with Crippen LogP contribution in [-0.4, -0.2) is 14.3 Å². The van der Waals surface area contributed by atoms with Gasteiger partial charge in [-0.05, 0) is 99.6 Å². The van der Waals surface area contributed by atoms with E-state index in [4.69, 9.17) is 5.10 Å². The zero-order valence-electron chi connectivity index (χ0n) is 30.8. The van der Waals surface area contributed by atoms with Gasteiger partial charge in [-0.3, -0.25) is 4.90 Å². The first-order chi connectivity index (χ1) is 22.8. The molecule has 0 spiro atoms. The molecule has 4 heterocycles. The van der Waals surface area contributed by atoms with E-state index in [9.17, 15) is 0 Å². The van der Waals surface area contributed by atoms with Crippen molar-refractivity contribution in [3.8, 4) is 22.8 Å². The number of hydrogen-bond donors (Lipinski definition) is 0. The fourth-order valence-corrected chi connectivity index (χ4v) is 9.47. The number of rotatable bonds is 7. The van der Waals surface area contributed by atoms with Crippen LogP contribution in [0.15, 0.2) is 79.1 Å². The van der Waals surface area contributed by atoms with Gasteiger partial charge in [0, 0.05) is 30.0 Å². The summed E-state index contributed by atoms with van der Waals surface area (Å²) < 4.78 is 9.36. The van der Waals surface area contributed by atoms with Crippen molar-refractivity contribution in [2.75, 3.05) is 4.90 Å². The molecule has 6 nitrogen and oxygen atoms in total. The van der Waals surface area contributed by atoms with E-state index >= 15 is 0 Å². The van der Waals surface area contributed by atoms with Gasteiger partial charge < -0.3 is 0 Å². The molecule has 5 aromatic rings. The van der Waals surface area contributed by atoms with E-state index in [1.165, 1.54) is 62.0 Å². The van der Waals surface area contributed by atoms with E-state index in [0.29, 0.717) is 0 Å². The molecule has 0 fully saturated rings. The molecule has 248 valence electrons. The summed E-state index contributed by atoms with van der Waals surface area (Å²) in [6.45, 7) is 21.2. The van der Waals surface area contributed by atoms with Gasteiger partial charge >= 0.3 is 5.82 Å². The van der Waals surface area contributed by atoms with Crippen LogP contribution < -0.4 is 14.0 Å². The van der Waals surface area contributed by atoms with Crippen molar-refractivity contribution in [1.82, 2.24) is 14.3 Å². The van der Waals surface area contributed by atoms with E-state index < -0.39 is 0 Å². The molecule has 0 radical (unpaired) electrons. The summed E-state index contributed by atoms with van der Waals surface area (Å²) in [5, 5.41) is 4.79. The third-order valence-electron chi connectivity index (χ3n) is 11.8. The molecule has 0 saturated carbocycles. The smallest absolute Gasteiger partial charge is 0.299 e. The van der Waals surface area contributed by atoms with Crippen LogP contribution in [0.4, 0.5) is 11.4 Å². The van der Waals surface area contributed by atoms with Gasteiger partial charge in [-0.25, -0.2) is 13.7 Å². The third kappa shape index (κ3) is 4.27. The Hall–Kier alpha value is -4.45. The van der Waals surface area contributed by atoms with E-state index in [1.54, 1.807) is 0 Å². The summed E-state index contributed by atoms with van der Waals surface area (Å²) >= 11 is 0. The maximum Gasteiger partial charge on any atom is 0.308 e. The van der Waals surface area contributed by atoms with Crippen LogP contribution in [0.1, 0.15) is 81.1 Å². The van der Waals surface area contributed by atoms with E-state index in [1.807, 2.05) is 18.1 Å². The van der Waals surface area contributed by atoms with Crippen molar-refractivity contribution < 1.29 is 9.13 Å². The van der Waals surface area contributed by atoms with E-state index in [-0.39, 0.29) is 16.6 Å². The number of aromatic nitrogens is 5. The Labute approximate surface area is 287 Å². The minimum absolute atomic E-state index is 0.146. The molecule has 2 aliphatic rings. The standard InChI is InChI=1S/C42H52N6/c1-12-41(9)35-21-16-22-36-37(35)39-46(40(7,8)48(36)33-25-28(3)24-29(4)26-33)30(5)31(6)47(39)42(41,13-2)23-17-19-32-18-14-15-20-34(32)38-43-45(11)27-44(38)10/h14-18,20-27H,12-13,19H2,1-11H3/q+2. The Morgan fingerprint density at radius 1 is 0.875 bits per heavy atom. The van der Waals surface area contributed by atoms with Crippen LogP contribution in [0, 0.1) is 27.7 Å². The van der Waals surface area contributed by atoms with Crippen LogP contribution in [-0.2, 0) is 37.1 Å². The van der Waals surface area contributed by atoms with Gasteiger partial charge in [-0.15, -0.1) is 4.68 Å². The zero-order valence-corrected chi connectivity index (χ0v) is 30.8. The fourth-order valence-electron chi connectivity index (χ4n) is 9.47. The van der Waals surface area contributed by atoms with Gasteiger partial charge in [0.2, 0.25) is 6.33 Å². The first kappa shape index (κ1) is 32.1. The van der Waals surface area contributed by atoms with Crippen molar-refractivity contribution >= 4 is 11.4 Å². The van der Waals surface area contributed by atoms with Gasteiger partial charge in [0.05, 0.1) is 30.9 Å². The van der Waals surface area contributed by atoms with Crippen molar-refractivity contribution in [3.05, 3.63) is 113 Å². The van der Waals surface area contributed by atoms with E-state index in [0.717, 1.165) is 25.1 Å². The van der Waals surface area contributed by atoms with Crippen molar-refractivity contribution in [2.24, 2.45) is 14.1 Å². The zero-order chi connectivity index (χ0) is 34.3. The summed E-state index contributed by atoms with van der Waals surface area (Å²) in [6, 6.07) is 22.8. The van der Waals surface area contributed by atoms with Gasteiger partial charge in [-0.1, -0.05) is 63.2 Å². The van der Waals surface area contributed by atoms with Gasteiger partial charge in [0.25, 0.3) is 5.82 Å². The lowest BCUT2D eigenvalue weighted by atomic mass is 9.59. The molecule has 0 bridgehead atoms. The summed E-state index contributed by atoms with van der Waals surface area (Å²) in [5.74, 6) is 2.32. The average molecular weight is 641 g/mol. The molecule has 0 aliphatic carbocycles. The first-order valence-electron chi connectivity index (χ1n) is 17.6. The largest absolute Gasteiger partial charge is 0.308 e. The minimum atomic E-state index is -0.332. The number of imidazole rings is 1. The molecule has 3 aromatic carbocycles. The first-order valence-corrected chi connectivity index (χ1v) is 17.6. The Balaban J connectivity index is 1.45. The molecule has 0 N–H and O–H groups in total. The Kier molecular flexibility index (Phi) is 7.39. The van der Waals surface area contributed by atoms with Crippen LogP contribution in [0.25, 0.3) is 22.8 Å². The molecule has 7 rings (SSSR count).